The first kappa shape index (κ1) is 23.6. The van der Waals surface area contributed by atoms with Gasteiger partial charge in [-0.3, -0.25) is 14.4 Å². The molecule has 2 fully saturated rings. The Hall–Kier alpha value is -3.17. The van der Waals surface area contributed by atoms with Crippen molar-refractivity contribution in [1.82, 2.24) is 5.01 Å². The second-order valence-electron chi connectivity index (χ2n) is 8.56. The Labute approximate surface area is 215 Å². The molecule has 3 amide bonds. The number of imide groups is 1. The van der Waals surface area contributed by atoms with Gasteiger partial charge < -0.3 is 14.8 Å². The average Bonchev–Trinajstić information content (AvgIpc) is 3.54. The maximum absolute atomic E-state index is 12.9. The van der Waals surface area contributed by atoms with Gasteiger partial charge in [-0.15, -0.1) is 0 Å². The molecule has 2 bridgehead atoms. The molecule has 2 aromatic carbocycles. The number of hydrogen-bond donors (Lipinski definition) is 1. The summed E-state index contributed by atoms with van der Waals surface area (Å²) in [5.74, 6) is -0.897. The van der Waals surface area contributed by atoms with E-state index in [1.807, 2.05) is 30.4 Å². The molecule has 1 N–H and O–H groups in total. The van der Waals surface area contributed by atoms with Gasteiger partial charge in [-0.05, 0) is 52.4 Å². The summed E-state index contributed by atoms with van der Waals surface area (Å²) >= 11 is 9.92. The maximum Gasteiger partial charge on any atom is 0.262 e. The monoisotopic (exact) mass is 557 g/mol. The number of nitrogens with zero attached hydrogens (tertiary/aromatic N) is 2. The van der Waals surface area contributed by atoms with Crippen LogP contribution < -0.4 is 14.8 Å². The van der Waals surface area contributed by atoms with Crippen molar-refractivity contribution in [3.05, 3.63) is 63.6 Å². The number of carbonyl (C=O) groups excluding carboxylic acids is 3. The first-order valence-electron chi connectivity index (χ1n) is 11.0. The number of hydrogen-bond acceptors (Lipinski definition) is 6. The van der Waals surface area contributed by atoms with Crippen LogP contribution in [0.1, 0.15) is 12.0 Å². The Balaban J connectivity index is 1.31. The van der Waals surface area contributed by atoms with Crippen LogP contribution in [0.15, 0.2) is 58.1 Å². The zero-order chi connectivity index (χ0) is 24.7. The first-order chi connectivity index (χ1) is 16.9. The fourth-order valence-electron chi connectivity index (χ4n) is 4.96. The third-order valence-electron chi connectivity index (χ3n) is 6.54. The Morgan fingerprint density at radius 3 is 2.49 bits per heavy atom. The minimum absolute atomic E-state index is 0.110. The van der Waals surface area contributed by atoms with Gasteiger partial charge in [-0.2, -0.15) is 10.1 Å². The molecule has 0 radical (unpaired) electrons. The molecule has 4 atom stereocenters. The normalized spacial score (nSPS) is 24.4. The number of fused-ring (bicyclic) bond motifs is 5. The quantitative estimate of drug-likeness (QED) is 0.311. The van der Waals surface area contributed by atoms with Crippen LogP contribution in [0.5, 0.6) is 11.5 Å². The molecule has 180 valence electrons. The Morgan fingerprint density at radius 2 is 1.86 bits per heavy atom. The topological polar surface area (TPSA) is 97.3 Å². The number of amides is 3. The molecule has 2 aromatic rings. The molecular weight excluding hydrogens is 538 g/mol. The summed E-state index contributed by atoms with van der Waals surface area (Å²) in [6.45, 7) is -0.291. The molecule has 1 aliphatic heterocycles. The van der Waals surface area contributed by atoms with Gasteiger partial charge in [-0.25, -0.2) is 0 Å². The predicted molar refractivity (Wildman–Crippen MR) is 133 cm³/mol. The van der Waals surface area contributed by atoms with Crippen molar-refractivity contribution in [3.8, 4) is 11.5 Å². The molecular formula is C25H21BrClN3O5. The number of halogens is 2. The highest BCUT2D eigenvalue weighted by molar-refractivity contribution is 9.10. The van der Waals surface area contributed by atoms with Gasteiger partial charge >= 0.3 is 0 Å². The molecule has 10 heteroatoms. The largest absolute Gasteiger partial charge is 0.493 e. The summed E-state index contributed by atoms with van der Waals surface area (Å²) in [6, 6.07) is 10.6. The summed E-state index contributed by atoms with van der Waals surface area (Å²) in [4.78, 5) is 38.0. The standard InChI is InChI=1S/C25H21BrClN3O5/c1-34-17-10-15(11-28-30-24(32)19-13-7-8-14(9-13)20(19)25(30)33)21(26)22(27)23(17)35-12-18(31)29-16-5-3-2-4-6-16/h2-8,10-11,13-14,19-20H,9,12H2,1H3,(H,29,31)/t13-,14-,19-,20+/m0/s1. The van der Waals surface area contributed by atoms with E-state index in [9.17, 15) is 14.4 Å². The van der Waals surface area contributed by atoms with Crippen LogP contribution in [0.2, 0.25) is 5.02 Å². The van der Waals surface area contributed by atoms with E-state index in [-0.39, 0.29) is 64.5 Å². The number of benzene rings is 2. The minimum Gasteiger partial charge on any atom is -0.493 e. The second-order valence-corrected chi connectivity index (χ2v) is 9.73. The summed E-state index contributed by atoms with van der Waals surface area (Å²) in [5.41, 5.74) is 1.12. The van der Waals surface area contributed by atoms with E-state index >= 15 is 0 Å². The van der Waals surface area contributed by atoms with Gasteiger partial charge in [0.05, 0.1) is 25.2 Å². The predicted octanol–water partition coefficient (Wildman–Crippen LogP) is 4.27. The number of nitrogens with one attached hydrogen (secondary N) is 1. The molecule has 0 unspecified atom stereocenters. The van der Waals surface area contributed by atoms with Gasteiger partial charge in [0.25, 0.3) is 17.7 Å². The van der Waals surface area contributed by atoms with E-state index in [1.54, 1.807) is 18.2 Å². The number of hydrazone groups is 1. The zero-order valence-electron chi connectivity index (χ0n) is 18.6. The lowest BCUT2D eigenvalue weighted by atomic mass is 9.85. The lowest BCUT2D eigenvalue weighted by molar-refractivity contribution is -0.140. The Kier molecular flexibility index (Phi) is 6.37. The van der Waals surface area contributed by atoms with Crippen LogP contribution in [0.4, 0.5) is 5.69 Å². The van der Waals surface area contributed by atoms with Crippen molar-refractivity contribution in [3.63, 3.8) is 0 Å². The lowest BCUT2D eigenvalue weighted by Gasteiger charge is -2.15. The number of methoxy groups -OCH3 is 1. The Bertz CT molecular complexity index is 1240. The molecule has 5 rings (SSSR count). The summed E-state index contributed by atoms with van der Waals surface area (Å²) in [6.07, 6.45) is 6.30. The summed E-state index contributed by atoms with van der Waals surface area (Å²) in [7, 11) is 1.44. The molecule has 0 spiro atoms. The zero-order valence-corrected chi connectivity index (χ0v) is 21.0. The molecule has 0 aromatic heterocycles. The fraction of sp³-hybridized carbons (Fsp3) is 0.280. The highest BCUT2D eigenvalue weighted by Gasteiger charge is 2.59. The van der Waals surface area contributed by atoms with Gasteiger partial charge in [0, 0.05) is 15.7 Å². The smallest absolute Gasteiger partial charge is 0.262 e. The number of carbonyl (C=O) groups is 3. The van der Waals surface area contributed by atoms with Crippen molar-refractivity contribution < 1.29 is 23.9 Å². The van der Waals surface area contributed by atoms with E-state index < -0.39 is 0 Å². The first-order valence-corrected chi connectivity index (χ1v) is 12.2. The third-order valence-corrected chi connectivity index (χ3v) is 7.98. The number of allylic oxidation sites excluding steroid dienone is 2. The van der Waals surface area contributed by atoms with Crippen molar-refractivity contribution in [2.45, 2.75) is 6.42 Å². The highest BCUT2D eigenvalue weighted by Crippen LogP contribution is 2.52. The third kappa shape index (κ3) is 4.23. The van der Waals surface area contributed by atoms with Gasteiger partial charge in [0.15, 0.2) is 18.1 Å². The molecule has 35 heavy (non-hydrogen) atoms. The summed E-state index contributed by atoms with van der Waals surface area (Å²) < 4.78 is 11.5. The summed E-state index contributed by atoms with van der Waals surface area (Å²) in [5, 5.41) is 8.05. The molecule has 8 nitrogen and oxygen atoms in total. The van der Waals surface area contributed by atoms with Gasteiger partial charge in [0.2, 0.25) is 0 Å². The number of rotatable bonds is 7. The number of para-hydroxylation sites is 1. The van der Waals surface area contributed by atoms with Crippen molar-refractivity contribution in [2.24, 2.45) is 28.8 Å². The molecule has 1 saturated carbocycles. The van der Waals surface area contributed by atoms with Crippen molar-refractivity contribution in [1.29, 1.82) is 0 Å². The van der Waals surface area contributed by atoms with Crippen LogP contribution in [-0.2, 0) is 14.4 Å². The van der Waals surface area contributed by atoms with E-state index in [4.69, 9.17) is 21.1 Å². The molecule has 1 heterocycles. The second kappa shape index (κ2) is 9.47. The highest BCUT2D eigenvalue weighted by atomic mass is 79.9. The van der Waals surface area contributed by atoms with Gasteiger partial charge in [0.1, 0.15) is 5.02 Å². The lowest BCUT2D eigenvalue weighted by Crippen LogP contribution is -2.28. The molecule has 3 aliphatic rings. The Morgan fingerprint density at radius 1 is 1.20 bits per heavy atom. The van der Waals surface area contributed by atoms with Crippen LogP contribution >= 0.6 is 27.5 Å². The van der Waals surface area contributed by atoms with Crippen LogP contribution in [-0.4, -0.2) is 42.7 Å². The molecule has 2 aliphatic carbocycles. The van der Waals surface area contributed by atoms with E-state index in [0.717, 1.165) is 11.4 Å². The minimum atomic E-state index is -0.365. The number of ether oxygens (including phenoxy) is 2. The maximum atomic E-state index is 12.9. The SMILES string of the molecule is COc1cc(C=NN2C(=O)[C@@H]3[C@H](C2=O)[C@H]2C=C[C@H]3C2)c(Br)c(Cl)c1OCC(=O)Nc1ccccc1. The van der Waals surface area contributed by atoms with E-state index in [0.29, 0.717) is 15.7 Å². The molecule has 1 saturated heterocycles. The van der Waals surface area contributed by atoms with E-state index in [1.165, 1.54) is 13.3 Å². The van der Waals surface area contributed by atoms with E-state index in [2.05, 4.69) is 26.3 Å². The van der Waals surface area contributed by atoms with Crippen molar-refractivity contribution in [2.75, 3.05) is 19.0 Å². The average molecular weight is 559 g/mol. The fourth-order valence-corrected chi connectivity index (χ4v) is 5.62. The van der Waals surface area contributed by atoms with Crippen molar-refractivity contribution >= 4 is 57.2 Å². The van der Waals surface area contributed by atoms with Crippen LogP contribution in [0.3, 0.4) is 0 Å². The van der Waals surface area contributed by atoms with Crippen LogP contribution in [0.25, 0.3) is 0 Å². The van der Waals surface area contributed by atoms with Crippen LogP contribution in [0, 0.1) is 23.7 Å². The van der Waals surface area contributed by atoms with Gasteiger partial charge in [-0.1, -0.05) is 42.0 Å². The number of anilines is 1.